The van der Waals surface area contributed by atoms with Crippen LogP contribution in [0.4, 0.5) is 18.0 Å². The third kappa shape index (κ3) is 4.92. The van der Waals surface area contributed by atoms with Gasteiger partial charge in [-0.15, -0.1) is 0 Å². The van der Waals surface area contributed by atoms with E-state index in [4.69, 9.17) is 9.47 Å². The Morgan fingerprint density at radius 1 is 1.26 bits per heavy atom. The highest BCUT2D eigenvalue weighted by molar-refractivity contribution is 7.88. The van der Waals surface area contributed by atoms with Crippen molar-refractivity contribution in [3.05, 3.63) is 29.3 Å². The van der Waals surface area contributed by atoms with E-state index < -0.39 is 38.7 Å². The van der Waals surface area contributed by atoms with Gasteiger partial charge in [-0.2, -0.15) is 21.6 Å². The molecule has 0 aliphatic carbocycles. The number of carbonyl (C=O) groups excluding carboxylic acids is 1. The number of alkyl halides is 3. The summed E-state index contributed by atoms with van der Waals surface area (Å²) in [6.07, 6.45) is 0.946. The van der Waals surface area contributed by atoms with E-state index >= 15 is 0 Å². The highest BCUT2D eigenvalue weighted by Gasteiger charge is 2.49. The lowest BCUT2D eigenvalue weighted by atomic mass is 9.77. The van der Waals surface area contributed by atoms with Gasteiger partial charge in [-0.3, -0.25) is 0 Å². The van der Waals surface area contributed by atoms with Crippen LogP contribution in [0.5, 0.6) is 5.75 Å². The van der Waals surface area contributed by atoms with E-state index in [-0.39, 0.29) is 6.04 Å². The van der Waals surface area contributed by atoms with Gasteiger partial charge in [0.15, 0.2) is 0 Å². The van der Waals surface area contributed by atoms with Gasteiger partial charge in [0.05, 0.1) is 12.2 Å². The molecule has 1 amide bonds. The molecule has 7 nitrogen and oxygen atoms in total. The fraction of sp³-hybridized carbons (Fsp3) is 0.650. The molecule has 0 saturated carbocycles. The number of halogens is 3. The summed E-state index contributed by atoms with van der Waals surface area (Å²) in [6, 6.07) is 3.86. The Bertz CT molecular complexity index is 957. The molecule has 1 fully saturated rings. The first-order valence-electron chi connectivity index (χ1n) is 9.91. The van der Waals surface area contributed by atoms with Crippen LogP contribution in [0.25, 0.3) is 0 Å². The van der Waals surface area contributed by atoms with Crippen molar-refractivity contribution in [1.82, 2.24) is 4.90 Å². The van der Waals surface area contributed by atoms with Crippen LogP contribution in [0.1, 0.15) is 51.7 Å². The van der Waals surface area contributed by atoms with Crippen LogP contribution < -0.4 is 4.18 Å². The van der Waals surface area contributed by atoms with E-state index in [0.717, 1.165) is 5.56 Å². The van der Waals surface area contributed by atoms with Gasteiger partial charge >= 0.3 is 21.7 Å². The van der Waals surface area contributed by atoms with Crippen LogP contribution in [-0.2, 0) is 31.6 Å². The number of carbonyl (C=O) groups is 1. The third-order valence-electron chi connectivity index (χ3n) is 5.35. The molecule has 0 N–H and O–H groups in total. The predicted molar refractivity (Wildman–Crippen MR) is 105 cm³/mol. The number of hydrogen-bond donors (Lipinski definition) is 0. The molecular formula is C20H26F3NO6S. The van der Waals surface area contributed by atoms with Gasteiger partial charge < -0.3 is 18.6 Å². The van der Waals surface area contributed by atoms with Gasteiger partial charge in [-0.05, 0) is 63.8 Å². The first kappa shape index (κ1) is 23.6. The summed E-state index contributed by atoms with van der Waals surface area (Å²) < 4.78 is 76.3. The number of piperidine rings is 1. The topological polar surface area (TPSA) is 82.1 Å². The molecule has 2 heterocycles. The summed E-state index contributed by atoms with van der Waals surface area (Å²) >= 11 is 0. The van der Waals surface area contributed by atoms with Gasteiger partial charge in [0.25, 0.3) is 0 Å². The molecule has 11 heteroatoms. The molecule has 0 aromatic heterocycles. The van der Waals surface area contributed by atoms with Crippen LogP contribution in [0.15, 0.2) is 18.2 Å². The van der Waals surface area contributed by atoms with E-state index in [1.807, 2.05) is 6.92 Å². The second-order valence-electron chi connectivity index (χ2n) is 8.87. The minimum Gasteiger partial charge on any atom is -0.444 e. The Balaban J connectivity index is 1.82. The Morgan fingerprint density at radius 3 is 2.52 bits per heavy atom. The van der Waals surface area contributed by atoms with E-state index in [1.54, 1.807) is 31.7 Å². The molecule has 0 bridgehead atoms. The van der Waals surface area contributed by atoms with E-state index in [2.05, 4.69) is 4.18 Å². The minimum absolute atomic E-state index is 0.198. The van der Waals surface area contributed by atoms with Crippen molar-refractivity contribution in [3.63, 3.8) is 0 Å². The SMILES string of the molecule is C[C@H]1C[C@]2(CCN1C(=O)OC(C)(C)C)OCCc1cc(OS(=O)(=O)C(F)(F)F)ccc12. The van der Waals surface area contributed by atoms with Gasteiger partial charge in [0.1, 0.15) is 11.4 Å². The Hall–Kier alpha value is -2.01. The van der Waals surface area contributed by atoms with Crippen molar-refractivity contribution in [1.29, 1.82) is 0 Å². The molecule has 0 unspecified atom stereocenters. The normalized spacial score (nSPS) is 24.6. The molecule has 1 aromatic carbocycles. The Kier molecular flexibility index (Phi) is 5.98. The average Bonchev–Trinajstić information content (AvgIpc) is 2.59. The molecule has 1 aromatic rings. The van der Waals surface area contributed by atoms with Crippen LogP contribution >= 0.6 is 0 Å². The van der Waals surface area contributed by atoms with Gasteiger partial charge in [-0.1, -0.05) is 6.07 Å². The zero-order valence-electron chi connectivity index (χ0n) is 17.8. The maximum atomic E-state index is 12.6. The zero-order chi connectivity index (χ0) is 23.2. The summed E-state index contributed by atoms with van der Waals surface area (Å²) in [5, 5.41) is 0. The lowest BCUT2D eigenvalue weighted by Crippen LogP contribution is -2.53. The van der Waals surface area contributed by atoms with Crippen LogP contribution in [0, 0.1) is 0 Å². The van der Waals surface area contributed by atoms with Gasteiger partial charge in [0.2, 0.25) is 0 Å². The number of rotatable bonds is 2. The number of amides is 1. The quantitative estimate of drug-likeness (QED) is 0.483. The largest absolute Gasteiger partial charge is 0.534 e. The molecule has 174 valence electrons. The number of benzene rings is 1. The van der Waals surface area contributed by atoms with Crippen molar-refractivity contribution in [2.75, 3.05) is 13.2 Å². The maximum absolute atomic E-state index is 12.6. The van der Waals surface area contributed by atoms with Crippen LogP contribution in [0.3, 0.4) is 0 Å². The van der Waals surface area contributed by atoms with Gasteiger partial charge in [0, 0.05) is 19.0 Å². The van der Waals surface area contributed by atoms with E-state index in [9.17, 15) is 26.4 Å². The summed E-state index contributed by atoms with van der Waals surface area (Å²) in [4.78, 5) is 14.1. The Labute approximate surface area is 179 Å². The molecule has 2 atom stereocenters. The second kappa shape index (κ2) is 7.84. The zero-order valence-corrected chi connectivity index (χ0v) is 18.6. The highest BCUT2D eigenvalue weighted by atomic mass is 32.2. The van der Waals surface area contributed by atoms with Crippen molar-refractivity contribution < 1.29 is 40.0 Å². The molecule has 1 saturated heterocycles. The van der Waals surface area contributed by atoms with E-state index in [0.29, 0.717) is 38.0 Å². The molecule has 0 radical (unpaired) electrons. The maximum Gasteiger partial charge on any atom is 0.534 e. The number of nitrogens with zero attached hydrogens (tertiary/aromatic N) is 1. The fourth-order valence-corrected chi connectivity index (χ4v) is 4.51. The Morgan fingerprint density at radius 2 is 1.94 bits per heavy atom. The highest BCUT2D eigenvalue weighted by Crippen LogP contribution is 2.44. The second-order valence-corrected chi connectivity index (χ2v) is 10.4. The summed E-state index contributed by atoms with van der Waals surface area (Å²) in [5.41, 5.74) is -5.40. The van der Waals surface area contributed by atoms with Crippen LogP contribution in [0.2, 0.25) is 0 Å². The van der Waals surface area contributed by atoms with E-state index in [1.165, 1.54) is 12.1 Å². The monoisotopic (exact) mass is 465 g/mol. The summed E-state index contributed by atoms with van der Waals surface area (Å²) in [5.74, 6) is -0.396. The summed E-state index contributed by atoms with van der Waals surface area (Å²) in [6.45, 7) is 7.97. The van der Waals surface area contributed by atoms with Crippen molar-refractivity contribution in [2.24, 2.45) is 0 Å². The standard InChI is InChI=1S/C20H26F3NO6S/c1-13-12-19(8-9-24(13)17(25)29-18(2,3)4)16-6-5-15(11-14(16)7-10-28-19)30-31(26,27)20(21,22)23/h5-6,11,13H,7-10,12H2,1-4H3/t13-,19-/m0/s1. The number of likely N-dealkylation sites (tertiary alicyclic amines) is 1. The average molecular weight is 465 g/mol. The third-order valence-corrected chi connectivity index (χ3v) is 6.33. The van der Waals surface area contributed by atoms with Crippen molar-refractivity contribution >= 4 is 16.2 Å². The number of ether oxygens (including phenoxy) is 2. The number of fused-ring (bicyclic) bond motifs is 2. The minimum atomic E-state index is -5.74. The fourth-order valence-electron chi connectivity index (χ4n) is 4.06. The van der Waals surface area contributed by atoms with Crippen molar-refractivity contribution in [2.45, 2.75) is 69.7 Å². The molecule has 3 rings (SSSR count). The molecule has 1 spiro atoms. The molecular weight excluding hydrogens is 439 g/mol. The first-order valence-corrected chi connectivity index (χ1v) is 11.3. The molecule has 31 heavy (non-hydrogen) atoms. The molecule has 2 aliphatic rings. The van der Waals surface area contributed by atoms with Crippen LogP contribution in [-0.4, -0.2) is 49.7 Å². The van der Waals surface area contributed by atoms with Gasteiger partial charge in [-0.25, -0.2) is 4.79 Å². The predicted octanol–water partition coefficient (Wildman–Crippen LogP) is 4.10. The molecule has 2 aliphatic heterocycles. The van der Waals surface area contributed by atoms with Crippen molar-refractivity contribution in [3.8, 4) is 5.75 Å². The summed E-state index contributed by atoms with van der Waals surface area (Å²) in [7, 11) is -5.74. The smallest absolute Gasteiger partial charge is 0.444 e. The number of hydrogen-bond acceptors (Lipinski definition) is 6. The lowest BCUT2D eigenvalue weighted by Gasteiger charge is -2.48. The first-order chi connectivity index (χ1) is 14.1. The lowest BCUT2D eigenvalue weighted by molar-refractivity contribution is -0.110.